The van der Waals surface area contributed by atoms with Crippen LogP contribution in [0.4, 0.5) is 0 Å². The Labute approximate surface area is 180 Å². The highest BCUT2D eigenvalue weighted by atomic mass is 16.5. The van der Waals surface area contributed by atoms with Crippen molar-refractivity contribution in [3.63, 3.8) is 0 Å². The summed E-state index contributed by atoms with van der Waals surface area (Å²) >= 11 is 0. The zero-order valence-corrected chi connectivity index (χ0v) is 18.7. The molecule has 6 nitrogen and oxygen atoms in total. The summed E-state index contributed by atoms with van der Waals surface area (Å²) in [6.45, 7) is 11.4. The van der Waals surface area contributed by atoms with Gasteiger partial charge in [-0.25, -0.2) is 0 Å². The summed E-state index contributed by atoms with van der Waals surface area (Å²) < 4.78 is 16.6. The average molecular weight is 415 g/mol. The molecule has 0 aliphatic heterocycles. The first kappa shape index (κ1) is 23.5. The zero-order valence-electron chi connectivity index (χ0n) is 18.7. The molecule has 2 aromatic carbocycles. The molecule has 0 spiro atoms. The molecule has 0 saturated heterocycles. The molecular weight excluding hydrogens is 380 g/mol. The molecule has 0 heterocycles. The van der Waals surface area contributed by atoms with E-state index in [9.17, 15) is 4.79 Å². The highest BCUT2D eigenvalue weighted by Gasteiger charge is 2.20. The summed E-state index contributed by atoms with van der Waals surface area (Å²) in [5.41, 5.74) is 1.66. The van der Waals surface area contributed by atoms with Gasteiger partial charge >= 0.3 is 0 Å². The first-order chi connectivity index (χ1) is 14.6. The molecule has 1 unspecified atom stereocenters. The van der Waals surface area contributed by atoms with Crippen LogP contribution in [-0.2, 0) is 0 Å². The number of hydrogen-bond acceptors (Lipinski definition) is 5. The fourth-order valence-corrected chi connectivity index (χ4v) is 3.45. The number of likely N-dealkylation sites (N-methyl/N-ethyl adjacent to an activating group) is 1. The van der Waals surface area contributed by atoms with Crippen molar-refractivity contribution in [2.45, 2.75) is 33.7 Å². The second-order valence-electron chi connectivity index (χ2n) is 6.75. The second-order valence-corrected chi connectivity index (χ2v) is 6.75. The van der Waals surface area contributed by atoms with Crippen molar-refractivity contribution in [3.05, 3.63) is 53.6 Å². The van der Waals surface area contributed by atoms with Gasteiger partial charge in [-0.3, -0.25) is 9.69 Å². The summed E-state index contributed by atoms with van der Waals surface area (Å²) in [6, 6.07) is 13.3. The number of rotatable bonds is 12. The van der Waals surface area contributed by atoms with Crippen molar-refractivity contribution in [2.24, 2.45) is 0 Å². The lowest BCUT2D eigenvalue weighted by Crippen LogP contribution is -2.38. The number of carbonyl (C=O) groups is 1. The average Bonchev–Trinajstić information content (AvgIpc) is 2.78. The molecule has 30 heavy (non-hydrogen) atoms. The lowest BCUT2D eigenvalue weighted by molar-refractivity contribution is 0.0934. The smallest absolute Gasteiger partial charge is 0.251 e. The van der Waals surface area contributed by atoms with Crippen LogP contribution < -0.4 is 19.5 Å². The van der Waals surface area contributed by atoms with Crippen LogP contribution in [0.5, 0.6) is 17.2 Å². The predicted molar refractivity (Wildman–Crippen MR) is 120 cm³/mol. The predicted octanol–water partition coefficient (Wildman–Crippen LogP) is 4.31. The van der Waals surface area contributed by atoms with E-state index in [1.165, 1.54) is 0 Å². The van der Waals surface area contributed by atoms with Gasteiger partial charge in [0.1, 0.15) is 5.75 Å². The first-order valence-corrected chi connectivity index (χ1v) is 10.6. The van der Waals surface area contributed by atoms with Gasteiger partial charge in [-0.2, -0.15) is 0 Å². The maximum Gasteiger partial charge on any atom is 0.251 e. The highest BCUT2D eigenvalue weighted by Crippen LogP contribution is 2.29. The van der Waals surface area contributed by atoms with Gasteiger partial charge in [0.2, 0.25) is 0 Å². The maximum atomic E-state index is 12.9. The minimum absolute atomic E-state index is 0.0492. The monoisotopic (exact) mass is 414 g/mol. The van der Waals surface area contributed by atoms with Crippen LogP contribution in [0, 0.1) is 0 Å². The summed E-state index contributed by atoms with van der Waals surface area (Å²) in [5, 5.41) is 3.09. The zero-order chi connectivity index (χ0) is 21.9. The van der Waals surface area contributed by atoms with Gasteiger partial charge in [0, 0.05) is 12.1 Å². The number of carbonyl (C=O) groups excluding carboxylic acids is 1. The molecule has 2 rings (SSSR count). The van der Waals surface area contributed by atoms with Crippen LogP contribution in [0.2, 0.25) is 0 Å². The SMILES string of the molecule is CCOc1ccc(C(=O)NCC(c2cccc(OC)c2)N(CC)CC)cc1OCC. The molecule has 1 amide bonds. The molecule has 164 valence electrons. The Morgan fingerprint density at radius 1 is 0.967 bits per heavy atom. The number of nitrogens with one attached hydrogen (secondary N) is 1. The van der Waals surface area contributed by atoms with Crippen molar-refractivity contribution in [3.8, 4) is 17.2 Å². The Kier molecular flexibility index (Phi) is 9.48. The van der Waals surface area contributed by atoms with Crippen molar-refractivity contribution >= 4 is 5.91 Å². The van der Waals surface area contributed by atoms with E-state index >= 15 is 0 Å². The van der Waals surface area contributed by atoms with E-state index in [0.29, 0.717) is 36.8 Å². The van der Waals surface area contributed by atoms with Gasteiger partial charge in [-0.15, -0.1) is 0 Å². The molecule has 1 atom stereocenters. The van der Waals surface area contributed by atoms with Crippen LogP contribution in [0.15, 0.2) is 42.5 Å². The van der Waals surface area contributed by atoms with Crippen molar-refractivity contribution in [1.29, 1.82) is 0 Å². The van der Waals surface area contributed by atoms with E-state index in [1.54, 1.807) is 25.3 Å². The summed E-state index contributed by atoms with van der Waals surface area (Å²) in [5.74, 6) is 1.90. The molecule has 6 heteroatoms. The highest BCUT2D eigenvalue weighted by molar-refractivity contribution is 5.94. The standard InChI is InChI=1S/C24H34N2O4/c1-6-26(7-2)21(18-11-10-12-20(15-18)28-5)17-25-24(27)19-13-14-22(29-8-3)23(16-19)30-9-4/h10-16,21H,6-9,17H2,1-5H3,(H,25,27). The van der Waals surface area contributed by atoms with Gasteiger partial charge < -0.3 is 19.5 Å². The third-order valence-corrected chi connectivity index (χ3v) is 4.99. The molecule has 0 aliphatic carbocycles. The van der Waals surface area contributed by atoms with Gasteiger partial charge in [0.05, 0.1) is 26.4 Å². The molecule has 0 fully saturated rings. The largest absolute Gasteiger partial charge is 0.497 e. The van der Waals surface area contributed by atoms with Crippen LogP contribution >= 0.6 is 0 Å². The Hall–Kier alpha value is -2.73. The van der Waals surface area contributed by atoms with Crippen LogP contribution in [0.1, 0.15) is 49.7 Å². The Bertz CT molecular complexity index is 806. The molecular formula is C24H34N2O4. The number of hydrogen-bond donors (Lipinski definition) is 1. The van der Waals surface area contributed by atoms with Crippen molar-refractivity contribution in [1.82, 2.24) is 10.2 Å². The molecule has 0 aromatic heterocycles. The van der Waals surface area contributed by atoms with E-state index in [-0.39, 0.29) is 11.9 Å². The van der Waals surface area contributed by atoms with Crippen molar-refractivity contribution < 1.29 is 19.0 Å². The summed E-state index contributed by atoms with van der Waals surface area (Å²) in [6.07, 6.45) is 0. The van der Waals surface area contributed by atoms with E-state index in [4.69, 9.17) is 14.2 Å². The fraction of sp³-hybridized carbons (Fsp3) is 0.458. The molecule has 0 bridgehead atoms. The van der Waals surface area contributed by atoms with Gasteiger partial charge in [-0.05, 0) is 62.8 Å². The number of ether oxygens (including phenoxy) is 3. The van der Waals surface area contributed by atoms with E-state index in [1.807, 2.05) is 32.0 Å². The van der Waals surface area contributed by atoms with Gasteiger partial charge in [0.25, 0.3) is 5.91 Å². The number of nitrogens with zero attached hydrogens (tertiary/aromatic N) is 1. The molecule has 1 N–H and O–H groups in total. The topological polar surface area (TPSA) is 60.0 Å². The van der Waals surface area contributed by atoms with Gasteiger partial charge in [-0.1, -0.05) is 26.0 Å². The van der Waals surface area contributed by atoms with Crippen molar-refractivity contribution in [2.75, 3.05) is 40.0 Å². The number of benzene rings is 2. The quantitative estimate of drug-likeness (QED) is 0.561. The fourth-order valence-electron chi connectivity index (χ4n) is 3.45. The molecule has 0 aliphatic rings. The van der Waals surface area contributed by atoms with E-state index in [0.717, 1.165) is 24.4 Å². The van der Waals surface area contributed by atoms with Crippen LogP contribution in [0.25, 0.3) is 0 Å². The third kappa shape index (κ3) is 6.13. The number of methoxy groups -OCH3 is 1. The summed E-state index contributed by atoms with van der Waals surface area (Å²) in [7, 11) is 1.66. The minimum Gasteiger partial charge on any atom is -0.497 e. The third-order valence-electron chi connectivity index (χ3n) is 4.99. The molecule has 0 saturated carbocycles. The first-order valence-electron chi connectivity index (χ1n) is 10.6. The van der Waals surface area contributed by atoms with Gasteiger partial charge in [0.15, 0.2) is 11.5 Å². The van der Waals surface area contributed by atoms with E-state index in [2.05, 4.69) is 30.1 Å². The second kappa shape index (κ2) is 12.1. The lowest BCUT2D eigenvalue weighted by Gasteiger charge is -2.30. The van der Waals surface area contributed by atoms with Crippen LogP contribution in [-0.4, -0.2) is 50.8 Å². The molecule has 0 radical (unpaired) electrons. The Morgan fingerprint density at radius 3 is 2.30 bits per heavy atom. The normalized spacial score (nSPS) is 11.8. The lowest BCUT2D eigenvalue weighted by atomic mass is 10.0. The Balaban J connectivity index is 2.19. The van der Waals surface area contributed by atoms with E-state index < -0.39 is 0 Å². The Morgan fingerprint density at radius 2 is 1.67 bits per heavy atom. The number of amides is 1. The summed E-state index contributed by atoms with van der Waals surface area (Å²) in [4.78, 5) is 15.2. The van der Waals surface area contributed by atoms with Crippen LogP contribution in [0.3, 0.4) is 0 Å². The maximum absolute atomic E-state index is 12.9. The molecule has 2 aromatic rings. The minimum atomic E-state index is -0.140.